The van der Waals surface area contributed by atoms with Gasteiger partial charge in [0.1, 0.15) is 0 Å². The van der Waals surface area contributed by atoms with Crippen LogP contribution >= 0.6 is 0 Å². The third-order valence-electron chi connectivity index (χ3n) is 3.43. The van der Waals surface area contributed by atoms with Crippen LogP contribution in [-0.4, -0.2) is 35.9 Å². The van der Waals surface area contributed by atoms with Gasteiger partial charge in [0.05, 0.1) is 13.2 Å². The molecule has 19 heavy (non-hydrogen) atoms. The van der Waals surface area contributed by atoms with E-state index in [0.29, 0.717) is 13.2 Å². The average Bonchev–Trinajstić information content (AvgIpc) is 2.46. The predicted octanol–water partition coefficient (Wildman–Crippen LogP) is 1.44. The normalized spacial score (nSPS) is 15.8. The van der Waals surface area contributed by atoms with Crippen molar-refractivity contribution in [3.8, 4) is 0 Å². The summed E-state index contributed by atoms with van der Waals surface area (Å²) < 4.78 is 7.19. The molecule has 0 aliphatic carbocycles. The van der Waals surface area contributed by atoms with Crippen LogP contribution in [0.4, 0.5) is 5.95 Å². The van der Waals surface area contributed by atoms with Gasteiger partial charge in [-0.05, 0) is 12.8 Å². The van der Waals surface area contributed by atoms with Crippen LogP contribution in [0.15, 0.2) is 10.9 Å². The number of nitrogens with zero attached hydrogens (tertiary/aromatic N) is 3. The predicted molar refractivity (Wildman–Crippen MR) is 75.8 cm³/mol. The first kappa shape index (κ1) is 14.1. The standard InChI is InChI=1S/C14H23N3O2/c1-3-5-6-17-13(18)11-12(4-2)15-14(17)16-7-9-19-10-8-16/h11H,3-10H2,1-2H3. The second-order valence-corrected chi connectivity index (χ2v) is 4.84. The van der Waals surface area contributed by atoms with Gasteiger partial charge >= 0.3 is 0 Å². The SMILES string of the molecule is CCCCn1c(N2CCOCC2)nc(CC)cc1=O. The van der Waals surface area contributed by atoms with Crippen LogP contribution in [0.2, 0.25) is 0 Å². The summed E-state index contributed by atoms with van der Waals surface area (Å²) >= 11 is 0. The minimum absolute atomic E-state index is 0.0711. The lowest BCUT2D eigenvalue weighted by Crippen LogP contribution is -2.41. The Morgan fingerprint density at radius 1 is 1.32 bits per heavy atom. The maximum atomic E-state index is 12.2. The van der Waals surface area contributed by atoms with E-state index in [1.165, 1.54) is 0 Å². The van der Waals surface area contributed by atoms with Crippen molar-refractivity contribution >= 4 is 5.95 Å². The summed E-state index contributed by atoms with van der Waals surface area (Å²) in [6.07, 6.45) is 2.87. The Morgan fingerprint density at radius 2 is 2.05 bits per heavy atom. The molecule has 1 aliphatic heterocycles. The van der Waals surface area contributed by atoms with Crippen LogP contribution < -0.4 is 10.5 Å². The number of hydrogen-bond acceptors (Lipinski definition) is 4. The van der Waals surface area contributed by atoms with Gasteiger partial charge < -0.3 is 9.64 Å². The number of morpholine rings is 1. The van der Waals surface area contributed by atoms with E-state index in [1.54, 1.807) is 6.07 Å². The Hall–Kier alpha value is -1.36. The summed E-state index contributed by atoms with van der Waals surface area (Å²) in [5.41, 5.74) is 0.945. The topological polar surface area (TPSA) is 47.4 Å². The Balaban J connectivity index is 2.35. The van der Waals surface area contributed by atoms with Gasteiger partial charge in [-0.25, -0.2) is 4.98 Å². The molecule has 1 aromatic heterocycles. The van der Waals surface area contributed by atoms with Gasteiger partial charge in [0.15, 0.2) is 0 Å². The first-order valence-electron chi connectivity index (χ1n) is 7.19. The number of aromatic nitrogens is 2. The minimum Gasteiger partial charge on any atom is -0.378 e. The highest BCUT2D eigenvalue weighted by Crippen LogP contribution is 2.13. The molecule has 0 amide bonds. The van der Waals surface area contributed by atoms with Gasteiger partial charge in [-0.3, -0.25) is 9.36 Å². The third kappa shape index (κ3) is 3.35. The van der Waals surface area contributed by atoms with Gasteiger partial charge in [-0.2, -0.15) is 0 Å². The van der Waals surface area contributed by atoms with E-state index in [9.17, 15) is 4.79 Å². The van der Waals surface area contributed by atoms with Crippen LogP contribution in [0.25, 0.3) is 0 Å². The van der Waals surface area contributed by atoms with Crippen LogP contribution in [-0.2, 0) is 17.7 Å². The lowest BCUT2D eigenvalue weighted by atomic mass is 10.3. The number of unbranched alkanes of at least 4 members (excludes halogenated alkanes) is 1. The molecule has 5 heteroatoms. The van der Waals surface area contributed by atoms with Crippen molar-refractivity contribution in [2.75, 3.05) is 31.2 Å². The number of hydrogen-bond donors (Lipinski definition) is 0. The zero-order valence-electron chi connectivity index (χ0n) is 11.9. The lowest BCUT2D eigenvalue weighted by molar-refractivity contribution is 0.121. The zero-order valence-corrected chi connectivity index (χ0v) is 11.9. The van der Waals surface area contributed by atoms with E-state index < -0.39 is 0 Å². The Bertz CT molecular complexity index is 464. The number of ether oxygens (including phenoxy) is 1. The molecule has 2 rings (SSSR count). The quantitative estimate of drug-likeness (QED) is 0.808. The molecule has 0 spiro atoms. The second kappa shape index (κ2) is 6.70. The maximum absolute atomic E-state index is 12.2. The summed E-state index contributed by atoms with van der Waals surface area (Å²) in [5, 5.41) is 0. The molecule has 1 aromatic rings. The number of aryl methyl sites for hydroxylation is 1. The van der Waals surface area contributed by atoms with Crippen molar-refractivity contribution in [3.05, 3.63) is 22.1 Å². The van der Waals surface area contributed by atoms with Gasteiger partial charge in [-0.15, -0.1) is 0 Å². The van der Waals surface area contributed by atoms with E-state index in [-0.39, 0.29) is 5.56 Å². The summed E-state index contributed by atoms with van der Waals surface area (Å²) in [4.78, 5) is 19.1. The van der Waals surface area contributed by atoms with E-state index in [0.717, 1.165) is 50.5 Å². The van der Waals surface area contributed by atoms with E-state index in [1.807, 2.05) is 11.5 Å². The molecule has 0 aromatic carbocycles. The smallest absolute Gasteiger partial charge is 0.255 e. The molecule has 1 saturated heterocycles. The van der Waals surface area contributed by atoms with Crippen molar-refractivity contribution in [3.63, 3.8) is 0 Å². The first-order chi connectivity index (χ1) is 9.26. The molecule has 106 valence electrons. The van der Waals surface area contributed by atoms with E-state index in [2.05, 4.69) is 16.8 Å². The van der Waals surface area contributed by atoms with Crippen molar-refractivity contribution in [1.29, 1.82) is 0 Å². The molecule has 1 aliphatic rings. The van der Waals surface area contributed by atoms with Crippen LogP contribution in [0, 0.1) is 0 Å². The Labute approximate surface area is 114 Å². The van der Waals surface area contributed by atoms with Crippen LogP contribution in [0.3, 0.4) is 0 Å². The van der Waals surface area contributed by atoms with E-state index in [4.69, 9.17) is 4.74 Å². The average molecular weight is 265 g/mol. The fraction of sp³-hybridized carbons (Fsp3) is 0.714. The maximum Gasteiger partial charge on any atom is 0.255 e. The molecule has 0 N–H and O–H groups in total. The Morgan fingerprint density at radius 3 is 2.68 bits per heavy atom. The van der Waals surface area contributed by atoms with Crippen molar-refractivity contribution in [1.82, 2.24) is 9.55 Å². The molecule has 1 fully saturated rings. The lowest BCUT2D eigenvalue weighted by Gasteiger charge is -2.30. The van der Waals surface area contributed by atoms with Crippen LogP contribution in [0.5, 0.6) is 0 Å². The summed E-state index contributed by atoms with van der Waals surface area (Å²) in [6, 6.07) is 1.67. The van der Waals surface area contributed by atoms with E-state index >= 15 is 0 Å². The molecular weight excluding hydrogens is 242 g/mol. The molecule has 0 radical (unpaired) electrons. The second-order valence-electron chi connectivity index (χ2n) is 4.84. The first-order valence-corrected chi connectivity index (χ1v) is 7.19. The highest BCUT2D eigenvalue weighted by Gasteiger charge is 2.17. The molecule has 0 saturated carbocycles. The van der Waals surface area contributed by atoms with Gasteiger partial charge in [0, 0.05) is 31.4 Å². The molecule has 5 nitrogen and oxygen atoms in total. The number of anilines is 1. The fourth-order valence-electron chi connectivity index (χ4n) is 2.25. The highest BCUT2D eigenvalue weighted by atomic mass is 16.5. The van der Waals surface area contributed by atoms with Gasteiger partial charge in [-0.1, -0.05) is 20.3 Å². The fourth-order valence-corrected chi connectivity index (χ4v) is 2.25. The molecular formula is C14H23N3O2. The number of rotatable bonds is 5. The molecule has 2 heterocycles. The largest absolute Gasteiger partial charge is 0.378 e. The molecule has 0 bridgehead atoms. The summed E-state index contributed by atoms with van der Waals surface area (Å²) in [5.74, 6) is 0.820. The Kier molecular flexibility index (Phi) is 4.96. The monoisotopic (exact) mass is 265 g/mol. The summed E-state index contributed by atoms with van der Waals surface area (Å²) in [7, 11) is 0. The third-order valence-corrected chi connectivity index (χ3v) is 3.43. The zero-order chi connectivity index (χ0) is 13.7. The van der Waals surface area contributed by atoms with Crippen LogP contribution in [0.1, 0.15) is 32.4 Å². The highest BCUT2D eigenvalue weighted by molar-refractivity contribution is 5.33. The molecule has 0 atom stereocenters. The minimum atomic E-state index is 0.0711. The molecule has 0 unspecified atom stereocenters. The van der Waals surface area contributed by atoms with Gasteiger partial charge in [0.25, 0.3) is 5.56 Å². The van der Waals surface area contributed by atoms with Crippen molar-refractivity contribution in [2.24, 2.45) is 0 Å². The van der Waals surface area contributed by atoms with Crippen molar-refractivity contribution in [2.45, 2.75) is 39.7 Å². The van der Waals surface area contributed by atoms with Crippen molar-refractivity contribution < 1.29 is 4.74 Å². The van der Waals surface area contributed by atoms with Gasteiger partial charge in [0.2, 0.25) is 5.95 Å². The summed E-state index contributed by atoms with van der Waals surface area (Å²) in [6.45, 7) is 7.95.